The number of nitrogens with one attached hydrogen (secondary N) is 2. The number of rotatable bonds is 8. The molecule has 7 heteroatoms. The van der Waals surface area contributed by atoms with Gasteiger partial charge in [0.1, 0.15) is 11.6 Å². The fraction of sp³-hybridized carbons (Fsp3) is 0.130. The Kier molecular flexibility index (Phi) is 7.34. The summed E-state index contributed by atoms with van der Waals surface area (Å²) in [6.07, 6.45) is 3.17. The maximum atomic E-state index is 13.1. The summed E-state index contributed by atoms with van der Waals surface area (Å²) < 4.78 is 18.5. The Balaban J connectivity index is 1.56. The number of carbonyl (C=O) groups is 2. The first kappa shape index (κ1) is 21.3. The van der Waals surface area contributed by atoms with E-state index >= 15 is 0 Å². The molecular weight excluding hydrogens is 403 g/mol. The lowest BCUT2D eigenvalue weighted by molar-refractivity contribution is -0.123. The molecule has 0 spiro atoms. The number of thiophene rings is 1. The van der Waals surface area contributed by atoms with Crippen molar-refractivity contribution in [2.75, 3.05) is 18.5 Å². The van der Waals surface area contributed by atoms with E-state index < -0.39 is 0 Å². The summed E-state index contributed by atoms with van der Waals surface area (Å²) in [6, 6.07) is 17.0. The maximum Gasteiger partial charge on any atom is 0.257 e. The molecule has 0 aliphatic heterocycles. The fourth-order valence-electron chi connectivity index (χ4n) is 2.61. The topological polar surface area (TPSA) is 67.4 Å². The van der Waals surface area contributed by atoms with Crippen molar-refractivity contribution >= 4 is 34.9 Å². The van der Waals surface area contributed by atoms with Crippen molar-refractivity contribution in [2.24, 2.45) is 0 Å². The molecule has 3 rings (SSSR count). The van der Waals surface area contributed by atoms with Crippen LogP contribution in [-0.2, 0) is 9.59 Å². The van der Waals surface area contributed by atoms with Crippen molar-refractivity contribution in [1.82, 2.24) is 5.32 Å². The standard InChI is InChI=1S/C23H21FN2O3S/c1-2-25-23(28)15-29-19-5-3-4-18(14-19)26-22(27)13-11-20-10-12-21(30-20)16-6-8-17(24)9-7-16/h3-14H,2,15H2,1H3,(H,25,28)(H,26,27)/b13-11+. The first-order valence-electron chi connectivity index (χ1n) is 9.38. The van der Waals surface area contributed by atoms with E-state index in [1.54, 1.807) is 42.5 Å². The predicted octanol–water partition coefficient (Wildman–Crippen LogP) is 4.72. The summed E-state index contributed by atoms with van der Waals surface area (Å²) in [5.74, 6) is -0.269. The Bertz CT molecular complexity index is 1040. The maximum absolute atomic E-state index is 13.1. The Labute approximate surface area is 178 Å². The van der Waals surface area contributed by atoms with Gasteiger partial charge in [0.25, 0.3) is 5.91 Å². The number of ether oxygens (including phenoxy) is 1. The molecule has 0 aliphatic carbocycles. The smallest absolute Gasteiger partial charge is 0.257 e. The quantitative estimate of drug-likeness (QED) is 0.514. The van der Waals surface area contributed by atoms with E-state index in [2.05, 4.69) is 10.6 Å². The van der Waals surface area contributed by atoms with E-state index in [-0.39, 0.29) is 24.2 Å². The van der Waals surface area contributed by atoms with Crippen LogP contribution in [0.15, 0.2) is 66.7 Å². The number of likely N-dealkylation sites (N-methyl/N-ethyl adjacent to an activating group) is 1. The largest absolute Gasteiger partial charge is 0.484 e. The highest BCUT2D eigenvalue weighted by Gasteiger charge is 2.05. The molecule has 2 aromatic carbocycles. The third-order valence-corrected chi connectivity index (χ3v) is 5.10. The number of anilines is 1. The zero-order valence-corrected chi connectivity index (χ0v) is 17.2. The second-order valence-electron chi connectivity index (χ2n) is 6.30. The van der Waals surface area contributed by atoms with E-state index in [0.29, 0.717) is 18.0 Å². The van der Waals surface area contributed by atoms with Crippen LogP contribution in [0.25, 0.3) is 16.5 Å². The molecule has 30 heavy (non-hydrogen) atoms. The first-order chi connectivity index (χ1) is 14.5. The second-order valence-corrected chi connectivity index (χ2v) is 7.42. The Hall–Kier alpha value is -3.45. The normalized spacial score (nSPS) is 10.7. The van der Waals surface area contributed by atoms with E-state index in [4.69, 9.17) is 4.74 Å². The van der Waals surface area contributed by atoms with Crippen molar-refractivity contribution in [3.8, 4) is 16.2 Å². The molecule has 5 nitrogen and oxygen atoms in total. The number of amides is 2. The van der Waals surface area contributed by atoms with Gasteiger partial charge in [-0.3, -0.25) is 9.59 Å². The summed E-state index contributed by atoms with van der Waals surface area (Å²) in [4.78, 5) is 25.6. The molecule has 1 heterocycles. The van der Waals surface area contributed by atoms with Gasteiger partial charge in [0.15, 0.2) is 6.61 Å². The lowest BCUT2D eigenvalue weighted by Crippen LogP contribution is -2.28. The van der Waals surface area contributed by atoms with Gasteiger partial charge in [0, 0.05) is 34.1 Å². The third kappa shape index (κ3) is 6.28. The minimum Gasteiger partial charge on any atom is -0.484 e. The summed E-state index contributed by atoms with van der Waals surface area (Å²) in [5, 5.41) is 5.42. The molecule has 0 fully saturated rings. The summed E-state index contributed by atoms with van der Waals surface area (Å²) >= 11 is 1.51. The van der Waals surface area contributed by atoms with Crippen LogP contribution in [-0.4, -0.2) is 25.0 Å². The van der Waals surface area contributed by atoms with Crippen molar-refractivity contribution in [1.29, 1.82) is 0 Å². The molecule has 0 atom stereocenters. The van der Waals surface area contributed by atoms with E-state index in [1.807, 2.05) is 19.1 Å². The lowest BCUT2D eigenvalue weighted by Gasteiger charge is -2.08. The molecule has 2 amide bonds. The minimum absolute atomic E-state index is 0.0834. The van der Waals surface area contributed by atoms with E-state index in [0.717, 1.165) is 15.3 Å². The van der Waals surface area contributed by atoms with Crippen molar-refractivity contribution < 1.29 is 18.7 Å². The zero-order chi connectivity index (χ0) is 21.3. The van der Waals surface area contributed by atoms with Gasteiger partial charge in [0.2, 0.25) is 5.91 Å². The van der Waals surface area contributed by atoms with Crippen LogP contribution < -0.4 is 15.4 Å². The minimum atomic E-state index is -0.285. The van der Waals surface area contributed by atoms with Crippen LogP contribution in [0.3, 0.4) is 0 Å². The monoisotopic (exact) mass is 424 g/mol. The zero-order valence-electron chi connectivity index (χ0n) is 16.4. The van der Waals surface area contributed by atoms with Crippen LogP contribution in [0.4, 0.5) is 10.1 Å². The molecule has 0 unspecified atom stereocenters. The van der Waals surface area contributed by atoms with Crippen LogP contribution in [0.5, 0.6) is 5.75 Å². The molecule has 154 valence electrons. The van der Waals surface area contributed by atoms with Crippen LogP contribution >= 0.6 is 11.3 Å². The molecule has 0 saturated heterocycles. The van der Waals surface area contributed by atoms with Gasteiger partial charge in [-0.05, 0) is 55.0 Å². The molecule has 0 bridgehead atoms. The van der Waals surface area contributed by atoms with Crippen molar-refractivity contribution in [3.05, 3.63) is 77.4 Å². The molecule has 3 aromatic rings. The summed E-state index contributed by atoms with van der Waals surface area (Å²) in [5.41, 5.74) is 1.49. The highest BCUT2D eigenvalue weighted by molar-refractivity contribution is 7.16. The van der Waals surface area contributed by atoms with Gasteiger partial charge in [-0.1, -0.05) is 18.2 Å². The van der Waals surface area contributed by atoms with E-state index in [1.165, 1.54) is 29.5 Å². The summed E-state index contributed by atoms with van der Waals surface area (Å²) in [6.45, 7) is 2.29. The average Bonchev–Trinajstić information content (AvgIpc) is 3.21. The number of hydrogen-bond donors (Lipinski definition) is 2. The van der Waals surface area contributed by atoms with Crippen molar-refractivity contribution in [3.63, 3.8) is 0 Å². The van der Waals surface area contributed by atoms with Crippen molar-refractivity contribution in [2.45, 2.75) is 6.92 Å². The van der Waals surface area contributed by atoms with Crippen LogP contribution in [0, 0.1) is 5.82 Å². The fourth-order valence-corrected chi connectivity index (χ4v) is 3.53. The molecule has 2 N–H and O–H groups in total. The van der Waals surface area contributed by atoms with Gasteiger partial charge >= 0.3 is 0 Å². The number of halogens is 1. The SMILES string of the molecule is CCNC(=O)COc1cccc(NC(=O)/C=C/c2ccc(-c3ccc(F)cc3)s2)c1. The van der Waals surface area contributed by atoms with Gasteiger partial charge in [0.05, 0.1) is 0 Å². The second kappa shape index (κ2) is 10.4. The molecular formula is C23H21FN2O3S. The van der Waals surface area contributed by atoms with E-state index in [9.17, 15) is 14.0 Å². The van der Waals surface area contributed by atoms with Gasteiger partial charge in [-0.15, -0.1) is 11.3 Å². The number of carbonyl (C=O) groups excluding carboxylic acids is 2. The molecule has 1 aromatic heterocycles. The first-order valence-corrected chi connectivity index (χ1v) is 10.2. The van der Waals surface area contributed by atoms with Gasteiger partial charge < -0.3 is 15.4 Å². The van der Waals surface area contributed by atoms with Crippen LogP contribution in [0.1, 0.15) is 11.8 Å². The average molecular weight is 424 g/mol. The third-order valence-electron chi connectivity index (χ3n) is 4.00. The summed E-state index contributed by atoms with van der Waals surface area (Å²) in [7, 11) is 0. The predicted molar refractivity (Wildman–Crippen MR) is 118 cm³/mol. The van der Waals surface area contributed by atoms with Gasteiger partial charge in [-0.25, -0.2) is 4.39 Å². The Morgan fingerprint density at radius 1 is 1.10 bits per heavy atom. The molecule has 0 saturated carbocycles. The highest BCUT2D eigenvalue weighted by atomic mass is 32.1. The number of hydrogen-bond acceptors (Lipinski definition) is 4. The Morgan fingerprint density at radius 3 is 2.67 bits per heavy atom. The Morgan fingerprint density at radius 2 is 1.90 bits per heavy atom. The molecule has 0 radical (unpaired) electrons. The number of benzene rings is 2. The van der Waals surface area contributed by atoms with Gasteiger partial charge in [-0.2, -0.15) is 0 Å². The van der Waals surface area contributed by atoms with Crippen LogP contribution in [0.2, 0.25) is 0 Å². The molecule has 0 aliphatic rings. The highest BCUT2D eigenvalue weighted by Crippen LogP contribution is 2.29. The lowest BCUT2D eigenvalue weighted by atomic mass is 10.2.